The molecule has 5 heteroatoms. The molecule has 0 radical (unpaired) electrons. The van der Waals surface area contributed by atoms with Crippen LogP contribution in [0, 0.1) is 17.5 Å². The lowest BCUT2D eigenvalue weighted by atomic mass is 9.60. The standard InChI is InChI=1S/C36H31F3O2/c1-2-3-4-11-24-18-20-25(21-19-24)26-22-30(27-12-5-8-15-32(27)37)36(35(40)41,29-14-7-10-17-34(29)39)31(23-26)28-13-6-9-16-33(28)38/h5-10,12-23,26H,2-4,11H2,1H3,(H,40,41). The fraction of sp³-hybridized carbons (Fsp3) is 0.194. The van der Waals surface area contributed by atoms with Crippen molar-refractivity contribution in [3.63, 3.8) is 0 Å². The minimum absolute atomic E-state index is 0.0151. The Kier molecular flexibility index (Phi) is 8.25. The van der Waals surface area contributed by atoms with Crippen LogP contribution in [0.1, 0.15) is 59.9 Å². The molecule has 0 aliphatic heterocycles. The van der Waals surface area contributed by atoms with Gasteiger partial charge in [-0.25, -0.2) is 13.2 Å². The average Bonchev–Trinajstić information content (AvgIpc) is 2.98. The summed E-state index contributed by atoms with van der Waals surface area (Å²) in [6.07, 6.45) is 7.64. The van der Waals surface area contributed by atoms with Gasteiger partial charge in [-0.1, -0.05) is 111 Å². The Morgan fingerprint density at radius 3 is 1.71 bits per heavy atom. The first-order valence-corrected chi connectivity index (χ1v) is 13.9. The van der Waals surface area contributed by atoms with Gasteiger partial charge in [0.25, 0.3) is 0 Å². The first-order chi connectivity index (χ1) is 19.9. The maximum absolute atomic E-state index is 15.6. The van der Waals surface area contributed by atoms with Crippen molar-refractivity contribution in [1.29, 1.82) is 0 Å². The minimum Gasteiger partial charge on any atom is -0.480 e. The third kappa shape index (κ3) is 5.24. The van der Waals surface area contributed by atoms with Crippen LogP contribution in [0.5, 0.6) is 0 Å². The second-order valence-corrected chi connectivity index (χ2v) is 10.4. The number of rotatable bonds is 9. The van der Waals surface area contributed by atoms with Crippen molar-refractivity contribution >= 4 is 17.1 Å². The summed E-state index contributed by atoms with van der Waals surface area (Å²) in [7, 11) is 0. The predicted molar refractivity (Wildman–Crippen MR) is 157 cm³/mol. The highest BCUT2D eigenvalue weighted by Gasteiger charge is 2.52. The molecular weight excluding hydrogens is 521 g/mol. The van der Waals surface area contributed by atoms with Crippen LogP contribution in [0.25, 0.3) is 11.1 Å². The van der Waals surface area contributed by atoms with Gasteiger partial charge in [-0.05, 0) is 53.3 Å². The Balaban J connectivity index is 1.80. The molecule has 0 saturated carbocycles. The van der Waals surface area contributed by atoms with Gasteiger partial charge in [0, 0.05) is 22.6 Å². The first kappa shape index (κ1) is 28.2. The second-order valence-electron chi connectivity index (χ2n) is 10.4. The smallest absolute Gasteiger partial charge is 0.323 e. The Morgan fingerprint density at radius 1 is 0.707 bits per heavy atom. The number of aryl methyl sites for hydroxylation is 1. The lowest BCUT2D eigenvalue weighted by Crippen LogP contribution is -2.41. The minimum atomic E-state index is -2.23. The number of aliphatic carboxylic acids is 1. The SMILES string of the molecule is CCCCCc1ccc(C2C=C(c3ccccc3F)C(C(=O)O)(c3ccccc3F)C(c3ccccc3F)=C2)cc1. The molecule has 1 aliphatic rings. The molecule has 0 fully saturated rings. The van der Waals surface area contributed by atoms with E-state index in [0.717, 1.165) is 31.2 Å². The van der Waals surface area contributed by atoms with Gasteiger partial charge in [-0.3, -0.25) is 4.79 Å². The summed E-state index contributed by atoms with van der Waals surface area (Å²) in [6, 6.07) is 25.2. The van der Waals surface area contributed by atoms with Crippen LogP contribution in [0.15, 0.2) is 109 Å². The summed E-state index contributed by atoms with van der Waals surface area (Å²) >= 11 is 0. The Labute approximate surface area is 238 Å². The van der Waals surface area contributed by atoms with E-state index < -0.39 is 34.8 Å². The second kappa shape index (κ2) is 12.0. The van der Waals surface area contributed by atoms with E-state index in [9.17, 15) is 9.90 Å². The van der Waals surface area contributed by atoms with Gasteiger partial charge in [0.2, 0.25) is 0 Å². The van der Waals surface area contributed by atoms with Gasteiger partial charge in [0.1, 0.15) is 22.9 Å². The van der Waals surface area contributed by atoms with E-state index in [1.807, 2.05) is 24.3 Å². The highest BCUT2D eigenvalue weighted by atomic mass is 19.1. The van der Waals surface area contributed by atoms with Crippen LogP contribution in [0.2, 0.25) is 0 Å². The van der Waals surface area contributed by atoms with Gasteiger partial charge in [-0.15, -0.1) is 0 Å². The number of allylic oxidation sites excluding steroid dienone is 2. The molecule has 4 aromatic rings. The first-order valence-electron chi connectivity index (χ1n) is 13.9. The molecule has 0 spiro atoms. The van der Waals surface area contributed by atoms with Crippen LogP contribution >= 0.6 is 0 Å². The largest absolute Gasteiger partial charge is 0.480 e. The molecule has 2 nitrogen and oxygen atoms in total. The molecule has 0 atom stereocenters. The van der Waals surface area contributed by atoms with Gasteiger partial charge < -0.3 is 5.11 Å². The van der Waals surface area contributed by atoms with Crippen molar-refractivity contribution in [2.24, 2.45) is 0 Å². The average molecular weight is 553 g/mol. The third-order valence-corrected chi connectivity index (χ3v) is 7.86. The van der Waals surface area contributed by atoms with Gasteiger partial charge in [-0.2, -0.15) is 0 Å². The molecule has 1 aliphatic carbocycles. The van der Waals surface area contributed by atoms with Crippen molar-refractivity contribution < 1.29 is 23.1 Å². The maximum Gasteiger partial charge on any atom is 0.323 e. The van der Waals surface area contributed by atoms with Gasteiger partial charge in [0.05, 0.1) is 0 Å². The molecule has 0 aromatic heterocycles. The summed E-state index contributed by atoms with van der Waals surface area (Å²) in [4.78, 5) is 13.5. The molecule has 0 unspecified atom stereocenters. The summed E-state index contributed by atoms with van der Waals surface area (Å²) in [5.74, 6) is -4.05. The van der Waals surface area contributed by atoms with Crippen LogP contribution in [0.3, 0.4) is 0 Å². The van der Waals surface area contributed by atoms with E-state index in [1.54, 1.807) is 24.3 Å². The normalized spacial score (nSPS) is 18.5. The van der Waals surface area contributed by atoms with Crippen molar-refractivity contribution in [3.8, 4) is 0 Å². The van der Waals surface area contributed by atoms with Crippen LogP contribution in [-0.4, -0.2) is 11.1 Å². The topological polar surface area (TPSA) is 37.3 Å². The third-order valence-electron chi connectivity index (χ3n) is 7.86. The lowest BCUT2D eigenvalue weighted by Gasteiger charge is -2.40. The molecular formula is C36H31F3O2. The van der Waals surface area contributed by atoms with Crippen LogP contribution in [-0.2, 0) is 16.6 Å². The molecule has 41 heavy (non-hydrogen) atoms. The fourth-order valence-electron chi connectivity index (χ4n) is 5.82. The van der Waals surface area contributed by atoms with E-state index in [-0.39, 0.29) is 27.8 Å². The number of benzene rings is 4. The Morgan fingerprint density at radius 2 is 1.22 bits per heavy atom. The lowest BCUT2D eigenvalue weighted by molar-refractivity contribution is -0.139. The van der Waals surface area contributed by atoms with Gasteiger partial charge in [0.15, 0.2) is 0 Å². The van der Waals surface area contributed by atoms with E-state index >= 15 is 13.2 Å². The molecule has 208 valence electrons. The molecule has 0 heterocycles. The highest BCUT2D eigenvalue weighted by molar-refractivity contribution is 6.13. The van der Waals surface area contributed by atoms with E-state index in [2.05, 4.69) is 6.92 Å². The number of hydrogen-bond donors (Lipinski definition) is 1. The zero-order chi connectivity index (χ0) is 29.0. The Bertz CT molecular complexity index is 1550. The highest BCUT2D eigenvalue weighted by Crippen LogP contribution is 2.54. The quantitative estimate of drug-likeness (QED) is 0.210. The number of halogens is 3. The van der Waals surface area contributed by atoms with E-state index in [4.69, 9.17) is 0 Å². The van der Waals surface area contributed by atoms with E-state index in [0.29, 0.717) is 0 Å². The fourth-order valence-corrected chi connectivity index (χ4v) is 5.82. The van der Waals surface area contributed by atoms with Crippen molar-refractivity contribution in [2.75, 3.05) is 0 Å². The zero-order valence-corrected chi connectivity index (χ0v) is 22.8. The molecule has 0 amide bonds. The van der Waals surface area contributed by atoms with Crippen LogP contribution < -0.4 is 0 Å². The number of carboxylic acids is 1. The number of carbonyl (C=O) groups is 1. The van der Waals surface area contributed by atoms with Crippen molar-refractivity contribution in [2.45, 2.75) is 43.9 Å². The monoisotopic (exact) mass is 552 g/mol. The van der Waals surface area contributed by atoms with Gasteiger partial charge >= 0.3 is 5.97 Å². The molecule has 5 rings (SSSR count). The number of hydrogen-bond acceptors (Lipinski definition) is 1. The van der Waals surface area contributed by atoms with Crippen molar-refractivity contribution in [3.05, 3.63) is 154 Å². The van der Waals surface area contributed by atoms with Crippen LogP contribution in [0.4, 0.5) is 13.2 Å². The van der Waals surface area contributed by atoms with Crippen molar-refractivity contribution in [1.82, 2.24) is 0 Å². The summed E-state index contributed by atoms with van der Waals surface area (Å²) in [5, 5.41) is 11.0. The molecule has 0 bridgehead atoms. The maximum atomic E-state index is 15.6. The predicted octanol–water partition coefficient (Wildman–Crippen LogP) is 9.12. The van der Waals surface area contributed by atoms with E-state index in [1.165, 1.54) is 66.2 Å². The zero-order valence-electron chi connectivity index (χ0n) is 22.8. The Hall–Kier alpha value is -4.38. The summed E-state index contributed by atoms with van der Waals surface area (Å²) in [6.45, 7) is 2.16. The molecule has 1 N–H and O–H groups in total. The summed E-state index contributed by atoms with van der Waals surface area (Å²) in [5.41, 5.74) is -0.284. The molecule has 0 saturated heterocycles. The number of carboxylic acid groups (broad SMARTS) is 1. The number of unbranched alkanes of at least 4 members (excludes halogenated alkanes) is 2. The molecule has 4 aromatic carbocycles. The summed E-state index contributed by atoms with van der Waals surface area (Å²) < 4.78 is 46.7.